The van der Waals surface area contributed by atoms with Crippen LogP contribution in [0, 0.1) is 5.92 Å². The molecule has 0 aliphatic heterocycles. The van der Waals surface area contributed by atoms with E-state index in [1.54, 1.807) is 7.11 Å². The van der Waals surface area contributed by atoms with Gasteiger partial charge in [-0.25, -0.2) is 9.98 Å². The zero-order chi connectivity index (χ0) is 18.8. The van der Waals surface area contributed by atoms with Crippen molar-refractivity contribution in [3.05, 3.63) is 48.0 Å². The van der Waals surface area contributed by atoms with Gasteiger partial charge in [0.15, 0.2) is 5.96 Å². The van der Waals surface area contributed by atoms with Gasteiger partial charge in [0.05, 0.1) is 7.11 Å². The van der Waals surface area contributed by atoms with Crippen molar-refractivity contribution >= 4 is 5.96 Å². The molecular weight excluding hydrogens is 326 g/mol. The summed E-state index contributed by atoms with van der Waals surface area (Å²) in [6, 6.07) is 8.10. The highest BCUT2D eigenvalue weighted by molar-refractivity contribution is 5.79. The van der Waals surface area contributed by atoms with Gasteiger partial charge in [-0.1, -0.05) is 32.0 Å². The molecule has 0 atom stereocenters. The third-order valence-electron chi connectivity index (χ3n) is 3.97. The fourth-order valence-corrected chi connectivity index (χ4v) is 2.77. The molecule has 0 aliphatic carbocycles. The summed E-state index contributed by atoms with van der Waals surface area (Å²) in [5, 5.41) is 6.68. The number of nitrogens with one attached hydrogen (secondary N) is 2. The molecule has 26 heavy (non-hydrogen) atoms. The van der Waals surface area contributed by atoms with Gasteiger partial charge in [-0.3, -0.25) is 0 Å². The highest BCUT2D eigenvalue weighted by Crippen LogP contribution is 2.17. The number of ether oxygens (including phenoxy) is 1. The fourth-order valence-electron chi connectivity index (χ4n) is 2.77. The van der Waals surface area contributed by atoms with Crippen LogP contribution in [-0.2, 0) is 19.5 Å². The molecule has 0 saturated heterocycles. The van der Waals surface area contributed by atoms with Crippen molar-refractivity contribution in [1.29, 1.82) is 0 Å². The molecule has 142 valence electrons. The van der Waals surface area contributed by atoms with Crippen molar-refractivity contribution in [2.75, 3.05) is 20.2 Å². The van der Waals surface area contributed by atoms with Gasteiger partial charge in [-0.05, 0) is 30.9 Å². The number of rotatable bonds is 9. The number of aromatic nitrogens is 2. The Kier molecular flexibility index (Phi) is 7.99. The SMILES string of the molecule is CCNC(=NCc1nccn1CC(C)C)NCCc1ccccc1OC. The second kappa shape index (κ2) is 10.5. The smallest absolute Gasteiger partial charge is 0.191 e. The molecule has 2 rings (SSSR count). The standard InChI is InChI=1S/C20H31N5O/c1-5-21-20(23-11-10-17-8-6-7-9-18(17)26-4)24-14-19-22-12-13-25(19)15-16(2)3/h6-9,12-13,16H,5,10-11,14-15H2,1-4H3,(H2,21,23,24). The van der Waals surface area contributed by atoms with E-state index in [4.69, 9.17) is 4.74 Å². The maximum atomic E-state index is 5.41. The zero-order valence-corrected chi connectivity index (χ0v) is 16.3. The number of benzene rings is 1. The van der Waals surface area contributed by atoms with Crippen LogP contribution in [0.1, 0.15) is 32.2 Å². The highest BCUT2D eigenvalue weighted by Gasteiger charge is 2.06. The second-order valence-electron chi connectivity index (χ2n) is 6.57. The summed E-state index contributed by atoms with van der Waals surface area (Å²) in [5.41, 5.74) is 1.19. The predicted octanol–water partition coefficient (Wildman–Crippen LogP) is 2.85. The van der Waals surface area contributed by atoms with E-state index in [0.717, 1.165) is 43.6 Å². The summed E-state index contributed by atoms with van der Waals surface area (Å²) in [5.74, 6) is 3.30. The quantitative estimate of drug-likeness (QED) is 0.535. The first-order valence-electron chi connectivity index (χ1n) is 9.28. The number of guanidine groups is 1. The highest BCUT2D eigenvalue weighted by atomic mass is 16.5. The Morgan fingerprint density at radius 3 is 2.81 bits per heavy atom. The molecule has 1 aromatic carbocycles. The minimum Gasteiger partial charge on any atom is -0.496 e. The molecule has 0 saturated carbocycles. The lowest BCUT2D eigenvalue weighted by atomic mass is 10.1. The molecule has 0 amide bonds. The molecule has 6 heteroatoms. The molecular formula is C20H31N5O. The first-order chi connectivity index (χ1) is 12.6. The van der Waals surface area contributed by atoms with Gasteiger partial charge in [0, 0.05) is 32.0 Å². The summed E-state index contributed by atoms with van der Waals surface area (Å²) in [6.45, 7) is 9.60. The first kappa shape index (κ1) is 19.8. The molecule has 0 radical (unpaired) electrons. The van der Waals surface area contributed by atoms with Crippen molar-refractivity contribution in [1.82, 2.24) is 20.2 Å². The minimum atomic E-state index is 0.559. The van der Waals surface area contributed by atoms with Crippen LogP contribution in [-0.4, -0.2) is 35.7 Å². The van der Waals surface area contributed by atoms with Crippen LogP contribution in [0.2, 0.25) is 0 Å². The first-order valence-corrected chi connectivity index (χ1v) is 9.28. The largest absolute Gasteiger partial charge is 0.496 e. The summed E-state index contributed by atoms with van der Waals surface area (Å²) in [4.78, 5) is 9.11. The zero-order valence-electron chi connectivity index (χ0n) is 16.3. The topological polar surface area (TPSA) is 63.5 Å². The Bertz CT molecular complexity index is 693. The average Bonchev–Trinajstić information content (AvgIpc) is 3.06. The van der Waals surface area contributed by atoms with Crippen molar-refractivity contribution in [3.8, 4) is 5.75 Å². The summed E-state index contributed by atoms with van der Waals surface area (Å²) >= 11 is 0. The average molecular weight is 358 g/mol. The molecule has 2 aromatic rings. The van der Waals surface area contributed by atoms with Crippen molar-refractivity contribution in [3.63, 3.8) is 0 Å². The molecule has 6 nitrogen and oxygen atoms in total. The van der Waals surface area contributed by atoms with Gasteiger partial charge in [0.25, 0.3) is 0 Å². The number of aliphatic imine (C=N–C) groups is 1. The van der Waals surface area contributed by atoms with E-state index in [1.165, 1.54) is 5.56 Å². The Morgan fingerprint density at radius 2 is 2.08 bits per heavy atom. The van der Waals surface area contributed by atoms with Gasteiger partial charge in [0.2, 0.25) is 0 Å². The molecule has 0 bridgehead atoms. The fraction of sp³-hybridized carbons (Fsp3) is 0.500. The molecule has 1 aromatic heterocycles. The van der Waals surface area contributed by atoms with E-state index < -0.39 is 0 Å². The Balaban J connectivity index is 1.93. The minimum absolute atomic E-state index is 0.559. The molecule has 2 N–H and O–H groups in total. The van der Waals surface area contributed by atoms with Crippen LogP contribution < -0.4 is 15.4 Å². The lowest BCUT2D eigenvalue weighted by Gasteiger charge is -2.13. The van der Waals surface area contributed by atoms with E-state index in [2.05, 4.69) is 52.0 Å². The molecule has 1 heterocycles. The van der Waals surface area contributed by atoms with Crippen LogP contribution >= 0.6 is 0 Å². The Morgan fingerprint density at radius 1 is 1.27 bits per heavy atom. The van der Waals surface area contributed by atoms with Gasteiger partial charge in [0.1, 0.15) is 18.1 Å². The normalized spacial score (nSPS) is 11.7. The molecule has 0 unspecified atom stereocenters. The molecule has 0 spiro atoms. The molecule has 0 fully saturated rings. The summed E-state index contributed by atoms with van der Waals surface area (Å²) in [7, 11) is 1.71. The number of imidazole rings is 1. The van der Waals surface area contributed by atoms with Gasteiger partial charge in [-0.15, -0.1) is 0 Å². The van der Waals surface area contributed by atoms with Gasteiger partial charge < -0.3 is 19.9 Å². The van der Waals surface area contributed by atoms with Crippen molar-refractivity contribution in [2.24, 2.45) is 10.9 Å². The number of nitrogens with zero attached hydrogens (tertiary/aromatic N) is 3. The monoisotopic (exact) mass is 357 g/mol. The number of hydrogen-bond donors (Lipinski definition) is 2. The Labute approximate surface area is 156 Å². The van der Waals surface area contributed by atoms with Crippen LogP contribution in [0.3, 0.4) is 0 Å². The van der Waals surface area contributed by atoms with E-state index in [9.17, 15) is 0 Å². The van der Waals surface area contributed by atoms with E-state index in [-0.39, 0.29) is 0 Å². The van der Waals surface area contributed by atoms with Gasteiger partial charge in [-0.2, -0.15) is 0 Å². The second-order valence-corrected chi connectivity index (χ2v) is 6.57. The van der Waals surface area contributed by atoms with Gasteiger partial charge >= 0.3 is 0 Å². The maximum absolute atomic E-state index is 5.41. The summed E-state index contributed by atoms with van der Waals surface area (Å²) < 4.78 is 7.58. The number of methoxy groups -OCH3 is 1. The number of para-hydroxylation sites is 1. The van der Waals surface area contributed by atoms with Crippen molar-refractivity contribution < 1.29 is 4.74 Å². The lowest BCUT2D eigenvalue weighted by molar-refractivity contribution is 0.409. The number of hydrogen-bond acceptors (Lipinski definition) is 3. The van der Waals surface area contributed by atoms with Crippen LogP contribution in [0.4, 0.5) is 0 Å². The van der Waals surface area contributed by atoms with E-state index >= 15 is 0 Å². The third-order valence-corrected chi connectivity index (χ3v) is 3.97. The lowest BCUT2D eigenvalue weighted by Crippen LogP contribution is -2.38. The van der Waals surface area contributed by atoms with Crippen LogP contribution in [0.15, 0.2) is 41.7 Å². The maximum Gasteiger partial charge on any atom is 0.191 e. The van der Waals surface area contributed by atoms with E-state index in [0.29, 0.717) is 12.5 Å². The van der Waals surface area contributed by atoms with Crippen LogP contribution in [0.5, 0.6) is 5.75 Å². The third kappa shape index (κ3) is 6.10. The van der Waals surface area contributed by atoms with Crippen LogP contribution in [0.25, 0.3) is 0 Å². The predicted molar refractivity (Wildman–Crippen MR) is 107 cm³/mol. The molecule has 0 aliphatic rings. The van der Waals surface area contributed by atoms with Crippen molar-refractivity contribution in [2.45, 2.75) is 40.3 Å². The summed E-state index contributed by atoms with van der Waals surface area (Å²) in [6.07, 6.45) is 4.73. The van der Waals surface area contributed by atoms with E-state index in [1.807, 2.05) is 30.6 Å². The Hall–Kier alpha value is -2.50.